The fourth-order valence-corrected chi connectivity index (χ4v) is 2.31. The fraction of sp³-hybridized carbons (Fsp3) is 0.267. The summed E-state index contributed by atoms with van der Waals surface area (Å²) in [5.74, 6) is -0.241. The molecule has 0 fully saturated rings. The Hall–Kier alpha value is -1.61. The Labute approximate surface area is 112 Å². The molecule has 3 heteroatoms. The van der Waals surface area contributed by atoms with Crippen LogP contribution in [0.3, 0.4) is 0 Å². The maximum absolute atomic E-state index is 11.5. The molecule has 18 heavy (non-hydrogen) atoms. The van der Waals surface area contributed by atoms with Gasteiger partial charge in [-0.05, 0) is 24.6 Å². The first-order chi connectivity index (χ1) is 8.81. The van der Waals surface area contributed by atoms with Gasteiger partial charge in [0.05, 0.1) is 6.61 Å². The van der Waals surface area contributed by atoms with Crippen LogP contribution in [0, 0.1) is 0 Å². The van der Waals surface area contributed by atoms with Gasteiger partial charge in [-0.25, -0.2) is 4.79 Å². The molecule has 0 saturated carbocycles. The lowest BCUT2D eigenvalue weighted by molar-refractivity contribution is 0.0532. The summed E-state index contributed by atoms with van der Waals surface area (Å²) in [6.45, 7) is 6.22. The standard InChI is InChI=1S/C13H12O2S.C2H6/c1-2-15-13(14)12-9-8-11(16-12)10-6-4-3-5-7-10;1-2/h3-9H,2H2,1H3;1-2H3. The van der Waals surface area contributed by atoms with E-state index in [0.29, 0.717) is 11.5 Å². The predicted octanol–water partition coefficient (Wildman–Crippen LogP) is 4.62. The van der Waals surface area contributed by atoms with Crippen LogP contribution < -0.4 is 0 Å². The molecule has 0 bridgehead atoms. The number of ether oxygens (including phenoxy) is 1. The summed E-state index contributed by atoms with van der Waals surface area (Å²) in [4.78, 5) is 13.2. The summed E-state index contributed by atoms with van der Waals surface area (Å²) in [6.07, 6.45) is 0. The summed E-state index contributed by atoms with van der Waals surface area (Å²) in [6, 6.07) is 13.8. The van der Waals surface area contributed by atoms with Gasteiger partial charge in [0.1, 0.15) is 4.88 Å². The van der Waals surface area contributed by atoms with Gasteiger partial charge in [-0.2, -0.15) is 0 Å². The Morgan fingerprint density at radius 3 is 2.39 bits per heavy atom. The molecule has 0 spiro atoms. The molecule has 1 aromatic carbocycles. The Kier molecular flexibility index (Phi) is 6.15. The van der Waals surface area contributed by atoms with Crippen molar-refractivity contribution in [3.63, 3.8) is 0 Å². The van der Waals surface area contributed by atoms with E-state index in [4.69, 9.17) is 4.74 Å². The van der Waals surface area contributed by atoms with Crippen LogP contribution in [0.25, 0.3) is 10.4 Å². The first-order valence-electron chi connectivity index (χ1n) is 6.13. The zero-order valence-corrected chi connectivity index (χ0v) is 11.8. The third-order valence-electron chi connectivity index (χ3n) is 2.14. The van der Waals surface area contributed by atoms with Crippen LogP contribution >= 0.6 is 11.3 Å². The summed E-state index contributed by atoms with van der Waals surface area (Å²) in [5.41, 5.74) is 1.13. The van der Waals surface area contributed by atoms with Gasteiger partial charge < -0.3 is 4.74 Å². The molecule has 0 N–H and O–H groups in total. The van der Waals surface area contributed by atoms with Gasteiger partial charge in [-0.3, -0.25) is 0 Å². The molecule has 0 aliphatic rings. The number of carbonyl (C=O) groups excluding carboxylic acids is 1. The highest BCUT2D eigenvalue weighted by molar-refractivity contribution is 7.17. The topological polar surface area (TPSA) is 26.3 Å². The molecular formula is C15H18O2S. The Morgan fingerprint density at radius 2 is 1.78 bits per heavy atom. The quantitative estimate of drug-likeness (QED) is 0.754. The summed E-state index contributed by atoms with van der Waals surface area (Å²) in [7, 11) is 0. The molecule has 0 saturated heterocycles. The van der Waals surface area contributed by atoms with Crippen molar-refractivity contribution in [2.24, 2.45) is 0 Å². The predicted molar refractivity (Wildman–Crippen MR) is 77.1 cm³/mol. The smallest absolute Gasteiger partial charge is 0.348 e. The SMILES string of the molecule is CC.CCOC(=O)c1ccc(-c2ccccc2)s1. The van der Waals surface area contributed by atoms with E-state index in [1.807, 2.05) is 63.2 Å². The van der Waals surface area contributed by atoms with Gasteiger partial charge in [-0.15, -0.1) is 11.3 Å². The second-order valence-electron chi connectivity index (χ2n) is 3.25. The first-order valence-corrected chi connectivity index (χ1v) is 6.95. The lowest BCUT2D eigenvalue weighted by Crippen LogP contribution is -2.01. The van der Waals surface area contributed by atoms with Crippen molar-refractivity contribution < 1.29 is 9.53 Å². The monoisotopic (exact) mass is 262 g/mol. The van der Waals surface area contributed by atoms with E-state index in [9.17, 15) is 4.79 Å². The van der Waals surface area contributed by atoms with E-state index < -0.39 is 0 Å². The molecule has 2 nitrogen and oxygen atoms in total. The number of carbonyl (C=O) groups is 1. The molecule has 96 valence electrons. The minimum absolute atomic E-state index is 0.241. The lowest BCUT2D eigenvalue weighted by atomic mass is 10.2. The molecular weight excluding hydrogens is 244 g/mol. The number of rotatable bonds is 3. The molecule has 0 amide bonds. The summed E-state index contributed by atoms with van der Waals surface area (Å²) in [5, 5.41) is 0. The largest absolute Gasteiger partial charge is 0.462 e. The number of hydrogen-bond acceptors (Lipinski definition) is 3. The molecule has 0 atom stereocenters. The average Bonchev–Trinajstić information content (AvgIpc) is 2.92. The third-order valence-corrected chi connectivity index (χ3v) is 3.26. The van der Waals surface area contributed by atoms with E-state index in [1.165, 1.54) is 11.3 Å². The highest BCUT2D eigenvalue weighted by Crippen LogP contribution is 2.28. The van der Waals surface area contributed by atoms with Crippen molar-refractivity contribution in [3.05, 3.63) is 47.3 Å². The molecule has 1 heterocycles. The zero-order chi connectivity index (χ0) is 13.4. The average molecular weight is 262 g/mol. The second-order valence-corrected chi connectivity index (χ2v) is 4.33. The van der Waals surface area contributed by atoms with Crippen LogP contribution in [0.1, 0.15) is 30.4 Å². The van der Waals surface area contributed by atoms with Gasteiger partial charge in [0.2, 0.25) is 0 Å². The zero-order valence-electron chi connectivity index (χ0n) is 11.0. The van der Waals surface area contributed by atoms with Gasteiger partial charge in [0.15, 0.2) is 0 Å². The normalized spacial score (nSPS) is 9.28. The third kappa shape index (κ3) is 3.70. The fourth-order valence-electron chi connectivity index (χ4n) is 1.41. The van der Waals surface area contributed by atoms with Crippen LogP contribution in [0.4, 0.5) is 0 Å². The Morgan fingerprint density at radius 1 is 1.11 bits per heavy atom. The summed E-state index contributed by atoms with van der Waals surface area (Å²) >= 11 is 1.46. The van der Waals surface area contributed by atoms with Crippen LogP contribution in [-0.2, 0) is 4.74 Å². The molecule has 0 aliphatic heterocycles. The van der Waals surface area contributed by atoms with Crippen molar-refractivity contribution in [1.82, 2.24) is 0 Å². The van der Waals surface area contributed by atoms with Gasteiger partial charge in [0.25, 0.3) is 0 Å². The highest BCUT2D eigenvalue weighted by atomic mass is 32.1. The van der Waals surface area contributed by atoms with E-state index in [-0.39, 0.29) is 5.97 Å². The Balaban J connectivity index is 0.000000771. The molecule has 1 aromatic heterocycles. The van der Waals surface area contributed by atoms with E-state index in [1.54, 1.807) is 0 Å². The van der Waals surface area contributed by atoms with Crippen LogP contribution in [0.15, 0.2) is 42.5 Å². The lowest BCUT2D eigenvalue weighted by Gasteiger charge is -1.97. The second kappa shape index (κ2) is 7.67. The van der Waals surface area contributed by atoms with Gasteiger partial charge in [0, 0.05) is 4.88 Å². The molecule has 2 rings (SSSR count). The van der Waals surface area contributed by atoms with E-state index >= 15 is 0 Å². The van der Waals surface area contributed by atoms with E-state index in [0.717, 1.165) is 10.4 Å². The van der Waals surface area contributed by atoms with Gasteiger partial charge in [-0.1, -0.05) is 44.2 Å². The van der Waals surface area contributed by atoms with Crippen molar-refractivity contribution in [1.29, 1.82) is 0 Å². The van der Waals surface area contributed by atoms with Crippen LogP contribution in [0.2, 0.25) is 0 Å². The molecule has 0 radical (unpaired) electrons. The van der Waals surface area contributed by atoms with Crippen molar-refractivity contribution in [2.75, 3.05) is 6.61 Å². The minimum atomic E-state index is -0.241. The van der Waals surface area contributed by atoms with Crippen LogP contribution in [-0.4, -0.2) is 12.6 Å². The maximum Gasteiger partial charge on any atom is 0.348 e. The number of benzene rings is 1. The van der Waals surface area contributed by atoms with Crippen LogP contribution in [0.5, 0.6) is 0 Å². The molecule has 0 aliphatic carbocycles. The van der Waals surface area contributed by atoms with Crippen molar-refractivity contribution >= 4 is 17.3 Å². The number of esters is 1. The molecule has 2 aromatic rings. The maximum atomic E-state index is 11.5. The Bertz CT molecular complexity index is 474. The van der Waals surface area contributed by atoms with Crippen molar-refractivity contribution in [2.45, 2.75) is 20.8 Å². The molecule has 0 unspecified atom stereocenters. The first kappa shape index (κ1) is 14.5. The highest BCUT2D eigenvalue weighted by Gasteiger charge is 2.10. The number of thiophene rings is 1. The van der Waals surface area contributed by atoms with Gasteiger partial charge >= 0.3 is 5.97 Å². The summed E-state index contributed by atoms with van der Waals surface area (Å²) < 4.78 is 4.95. The minimum Gasteiger partial charge on any atom is -0.462 e. The van der Waals surface area contributed by atoms with Crippen molar-refractivity contribution in [3.8, 4) is 10.4 Å². The number of hydrogen-bond donors (Lipinski definition) is 0. The van der Waals surface area contributed by atoms with E-state index in [2.05, 4.69) is 0 Å².